The number of nitrogens with zero attached hydrogens (tertiary/aromatic N) is 1. The highest BCUT2D eigenvalue weighted by Crippen LogP contribution is 2.10. The molecule has 1 atom stereocenters. The van der Waals surface area contributed by atoms with E-state index in [1.807, 2.05) is 0 Å². The van der Waals surface area contributed by atoms with Gasteiger partial charge in [-0.3, -0.25) is 9.59 Å². The predicted molar refractivity (Wildman–Crippen MR) is 58.9 cm³/mol. The van der Waals surface area contributed by atoms with Gasteiger partial charge in [-0.25, -0.2) is 4.98 Å². The number of nitrogens with one attached hydrogen (secondary N) is 1. The molecule has 1 unspecified atom stereocenters. The molecule has 0 aliphatic carbocycles. The van der Waals surface area contributed by atoms with Crippen molar-refractivity contribution in [2.45, 2.75) is 19.8 Å². The molecule has 6 heteroatoms. The Balaban J connectivity index is 2.47. The van der Waals surface area contributed by atoms with Gasteiger partial charge < -0.3 is 10.4 Å². The minimum Gasteiger partial charge on any atom is -0.481 e. The first kappa shape index (κ1) is 13.1. The van der Waals surface area contributed by atoms with Crippen molar-refractivity contribution in [2.75, 3.05) is 5.32 Å². The molecule has 0 aromatic carbocycles. The van der Waals surface area contributed by atoms with Crippen LogP contribution in [0.3, 0.4) is 0 Å². The van der Waals surface area contributed by atoms with E-state index in [1.165, 1.54) is 18.2 Å². The maximum Gasteiger partial charge on any atom is 0.303 e. The number of anilines is 1. The summed E-state index contributed by atoms with van der Waals surface area (Å²) >= 11 is 0. The fourth-order valence-electron chi connectivity index (χ4n) is 1.36. The van der Waals surface area contributed by atoms with Crippen molar-refractivity contribution in [1.29, 1.82) is 0 Å². The van der Waals surface area contributed by atoms with E-state index in [2.05, 4.69) is 10.3 Å². The standard InChI is InChI=1S/C11H13FN2O3/c1-7(6-11(16)17)5-10(15)14-9-4-2-3-8(12)13-9/h2-4,7H,5-6H2,1H3,(H,16,17)(H,13,14,15). The number of hydrogen-bond donors (Lipinski definition) is 2. The van der Waals surface area contributed by atoms with Crippen LogP contribution in [-0.4, -0.2) is 22.0 Å². The molecule has 0 saturated carbocycles. The zero-order valence-electron chi connectivity index (χ0n) is 9.31. The summed E-state index contributed by atoms with van der Waals surface area (Å²) in [6.45, 7) is 1.66. The Kier molecular flexibility index (Phi) is 4.56. The molecule has 5 nitrogen and oxygen atoms in total. The number of hydrogen-bond acceptors (Lipinski definition) is 3. The van der Waals surface area contributed by atoms with Gasteiger partial charge in [0.05, 0.1) is 0 Å². The van der Waals surface area contributed by atoms with Crippen LogP contribution in [-0.2, 0) is 9.59 Å². The van der Waals surface area contributed by atoms with E-state index < -0.39 is 11.9 Å². The van der Waals surface area contributed by atoms with E-state index >= 15 is 0 Å². The number of amides is 1. The fraction of sp³-hybridized carbons (Fsp3) is 0.364. The van der Waals surface area contributed by atoms with Crippen LogP contribution < -0.4 is 5.32 Å². The molecule has 0 radical (unpaired) electrons. The lowest BCUT2D eigenvalue weighted by Crippen LogP contribution is -2.17. The molecule has 1 aromatic rings. The molecule has 1 amide bonds. The highest BCUT2D eigenvalue weighted by Gasteiger charge is 2.13. The van der Waals surface area contributed by atoms with Crippen LogP contribution >= 0.6 is 0 Å². The zero-order chi connectivity index (χ0) is 12.8. The monoisotopic (exact) mass is 240 g/mol. The number of carboxylic acids is 1. The SMILES string of the molecule is CC(CC(=O)O)CC(=O)Nc1cccc(F)n1. The third-order valence-electron chi connectivity index (χ3n) is 2.04. The lowest BCUT2D eigenvalue weighted by molar-refractivity contribution is -0.138. The lowest BCUT2D eigenvalue weighted by Gasteiger charge is -2.08. The second-order valence-corrected chi connectivity index (χ2v) is 3.80. The van der Waals surface area contributed by atoms with Crippen molar-refractivity contribution in [1.82, 2.24) is 4.98 Å². The number of pyridine rings is 1. The van der Waals surface area contributed by atoms with E-state index in [-0.39, 0.29) is 30.5 Å². The van der Waals surface area contributed by atoms with E-state index in [9.17, 15) is 14.0 Å². The van der Waals surface area contributed by atoms with Gasteiger partial charge in [0.25, 0.3) is 0 Å². The number of carbonyl (C=O) groups is 2. The summed E-state index contributed by atoms with van der Waals surface area (Å²) in [5.74, 6) is -2.16. The number of aromatic nitrogens is 1. The quantitative estimate of drug-likeness (QED) is 0.767. The minimum absolute atomic E-state index is 0.0600. The molecule has 0 aliphatic heterocycles. The largest absolute Gasteiger partial charge is 0.481 e. The van der Waals surface area contributed by atoms with Crippen molar-refractivity contribution in [3.05, 3.63) is 24.1 Å². The van der Waals surface area contributed by atoms with Gasteiger partial charge in [0.15, 0.2) is 0 Å². The Labute approximate surface area is 97.7 Å². The van der Waals surface area contributed by atoms with Crippen LogP contribution in [0.15, 0.2) is 18.2 Å². The highest BCUT2D eigenvalue weighted by atomic mass is 19.1. The molecule has 17 heavy (non-hydrogen) atoms. The van der Waals surface area contributed by atoms with E-state index in [0.29, 0.717) is 0 Å². The third kappa shape index (κ3) is 5.05. The molecule has 1 heterocycles. The van der Waals surface area contributed by atoms with Gasteiger partial charge in [-0.1, -0.05) is 13.0 Å². The first-order valence-electron chi connectivity index (χ1n) is 5.11. The average molecular weight is 240 g/mol. The Bertz CT molecular complexity index is 423. The second-order valence-electron chi connectivity index (χ2n) is 3.80. The van der Waals surface area contributed by atoms with Gasteiger partial charge in [0, 0.05) is 12.8 Å². The van der Waals surface area contributed by atoms with Gasteiger partial charge in [-0.15, -0.1) is 0 Å². The number of carbonyl (C=O) groups excluding carboxylic acids is 1. The van der Waals surface area contributed by atoms with Crippen LogP contribution in [0.1, 0.15) is 19.8 Å². The van der Waals surface area contributed by atoms with Gasteiger partial charge in [-0.05, 0) is 18.1 Å². The summed E-state index contributed by atoms with van der Waals surface area (Å²) in [6.07, 6.45) is -0.0194. The Morgan fingerprint density at radius 2 is 2.18 bits per heavy atom. The molecule has 1 rings (SSSR count). The summed E-state index contributed by atoms with van der Waals surface area (Å²) < 4.78 is 12.7. The summed E-state index contributed by atoms with van der Waals surface area (Å²) in [5.41, 5.74) is 0. The first-order valence-corrected chi connectivity index (χ1v) is 5.11. The van der Waals surface area contributed by atoms with Crippen LogP contribution in [0.25, 0.3) is 0 Å². The summed E-state index contributed by atoms with van der Waals surface area (Å²) in [6, 6.07) is 4.06. The maximum atomic E-state index is 12.7. The number of halogens is 1. The minimum atomic E-state index is -0.950. The average Bonchev–Trinajstić information content (AvgIpc) is 2.14. The third-order valence-corrected chi connectivity index (χ3v) is 2.04. The van der Waals surface area contributed by atoms with Crippen molar-refractivity contribution in [2.24, 2.45) is 5.92 Å². The van der Waals surface area contributed by atoms with E-state index in [1.54, 1.807) is 6.92 Å². The van der Waals surface area contributed by atoms with E-state index in [0.717, 1.165) is 0 Å². The number of aliphatic carboxylic acids is 1. The first-order chi connectivity index (χ1) is 7.97. The summed E-state index contributed by atoms with van der Waals surface area (Å²) in [7, 11) is 0. The smallest absolute Gasteiger partial charge is 0.303 e. The molecule has 2 N–H and O–H groups in total. The fourth-order valence-corrected chi connectivity index (χ4v) is 1.36. The number of rotatable bonds is 5. The molecule has 0 fully saturated rings. The normalized spacial score (nSPS) is 11.9. The Hall–Kier alpha value is -1.98. The molecule has 1 aromatic heterocycles. The van der Waals surface area contributed by atoms with Crippen molar-refractivity contribution < 1.29 is 19.1 Å². The highest BCUT2D eigenvalue weighted by molar-refractivity contribution is 5.90. The van der Waals surface area contributed by atoms with E-state index in [4.69, 9.17) is 5.11 Å². The Morgan fingerprint density at radius 3 is 2.76 bits per heavy atom. The molecule has 92 valence electrons. The van der Waals surface area contributed by atoms with Crippen LogP contribution in [0.2, 0.25) is 0 Å². The molecule has 0 spiro atoms. The summed E-state index contributed by atoms with van der Waals surface area (Å²) in [5, 5.41) is 10.9. The topological polar surface area (TPSA) is 79.3 Å². The van der Waals surface area contributed by atoms with Crippen LogP contribution in [0.5, 0.6) is 0 Å². The second kappa shape index (κ2) is 5.93. The van der Waals surface area contributed by atoms with Crippen molar-refractivity contribution in [3.8, 4) is 0 Å². The van der Waals surface area contributed by atoms with Crippen LogP contribution in [0, 0.1) is 11.9 Å². The van der Waals surface area contributed by atoms with Crippen molar-refractivity contribution >= 4 is 17.7 Å². The molecular formula is C11H13FN2O3. The predicted octanol–water partition coefficient (Wildman–Crippen LogP) is 1.66. The zero-order valence-corrected chi connectivity index (χ0v) is 9.31. The van der Waals surface area contributed by atoms with Gasteiger partial charge in [-0.2, -0.15) is 4.39 Å². The lowest BCUT2D eigenvalue weighted by atomic mass is 10.0. The van der Waals surface area contributed by atoms with Gasteiger partial charge in [0.1, 0.15) is 5.82 Å². The van der Waals surface area contributed by atoms with Crippen LogP contribution in [0.4, 0.5) is 10.2 Å². The van der Waals surface area contributed by atoms with Crippen molar-refractivity contribution in [3.63, 3.8) is 0 Å². The summed E-state index contributed by atoms with van der Waals surface area (Å²) in [4.78, 5) is 25.3. The maximum absolute atomic E-state index is 12.7. The molecular weight excluding hydrogens is 227 g/mol. The van der Waals surface area contributed by atoms with Gasteiger partial charge in [0.2, 0.25) is 11.9 Å². The van der Waals surface area contributed by atoms with Gasteiger partial charge >= 0.3 is 5.97 Å². The molecule has 0 bridgehead atoms. The Morgan fingerprint density at radius 1 is 1.47 bits per heavy atom. The number of carboxylic acid groups (broad SMARTS) is 1. The molecule has 0 aliphatic rings. The molecule has 0 saturated heterocycles.